The van der Waals surface area contributed by atoms with E-state index in [0.717, 1.165) is 11.3 Å². The van der Waals surface area contributed by atoms with Gasteiger partial charge in [0.15, 0.2) is 0 Å². The second-order valence-electron chi connectivity index (χ2n) is 5.83. The third-order valence-electron chi connectivity index (χ3n) is 3.87. The molecule has 0 saturated heterocycles. The number of hydrogen-bond donors (Lipinski definition) is 2. The van der Waals surface area contributed by atoms with Crippen LogP contribution in [0.25, 0.3) is 0 Å². The van der Waals surface area contributed by atoms with Crippen LogP contribution in [0.15, 0.2) is 41.0 Å². The number of urea groups is 1. The van der Waals surface area contributed by atoms with Crippen LogP contribution in [-0.2, 0) is 13.0 Å². The smallest absolute Gasteiger partial charge is 0.317 e. The molecule has 0 unspecified atom stereocenters. The molecule has 1 heterocycles. The minimum Gasteiger partial charge on any atom is -0.496 e. The van der Waals surface area contributed by atoms with Crippen molar-refractivity contribution in [1.29, 1.82) is 0 Å². The molecule has 0 saturated carbocycles. The zero-order valence-electron chi connectivity index (χ0n) is 14.4. The minimum absolute atomic E-state index is 0.0349. The molecule has 2 aromatic rings. The van der Waals surface area contributed by atoms with Gasteiger partial charge in [-0.3, -0.25) is 0 Å². The van der Waals surface area contributed by atoms with Gasteiger partial charge in [-0.15, -0.1) is 0 Å². The highest BCUT2D eigenvalue weighted by Crippen LogP contribution is 2.23. The van der Waals surface area contributed by atoms with E-state index in [2.05, 4.69) is 5.32 Å². The molecule has 0 spiro atoms. The molecular formula is C18H23ClN2O4. The van der Waals surface area contributed by atoms with Gasteiger partial charge in [0.25, 0.3) is 0 Å². The molecule has 2 N–H and O–H groups in total. The van der Waals surface area contributed by atoms with Crippen molar-refractivity contribution < 1.29 is 19.1 Å². The molecule has 0 aliphatic carbocycles. The number of aliphatic hydroxyl groups excluding tert-OH is 1. The maximum Gasteiger partial charge on any atom is 0.317 e. The van der Waals surface area contributed by atoms with Crippen molar-refractivity contribution in [3.63, 3.8) is 0 Å². The van der Waals surface area contributed by atoms with Gasteiger partial charge in [-0.25, -0.2) is 4.79 Å². The molecule has 6 nitrogen and oxygen atoms in total. The summed E-state index contributed by atoms with van der Waals surface area (Å²) in [6.07, 6.45) is 2.16. The maximum absolute atomic E-state index is 12.3. The summed E-state index contributed by atoms with van der Waals surface area (Å²) >= 11 is 6.01. The van der Waals surface area contributed by atoms with Crippen molar-refractivity contribution in [3.05, 3.63) is 52.9 Å². The molecule has 0 aliphatic rings. The zero-order chi connectivity index (χ0) is 18.2. The number of nitrogens with zero attached hydrogens (tertiary/aromatic N) is 1. The molecule has 7 heteroatoms. The summed E-state index contributed by atoms with van der Waals surface area (Å²) in [5.41, 5.74) is 0.821. The second kappa shape index (κ2) is 9.34. The molecule has 1 aromatic carbocycles. The predicted molar refractivity (Wildman–Crippen MR) is 95.9 cm³/mol. The third kappa shape index (κ3) is 5.69. The number of amides is 2. The molecule has 2 rings (SSSR count). The van der Waals surface area contributed by atoms with Crippen LogP contribution in [0.3, 0.4) is 0 Å². The summed E-state index contributed by atoms with van der Waals surface area (Å²) in [4.78, 5) is 13.8. The van der Waals surface area contributed by atoms with Crippen molar-refractivity contribution >= 4 is 17.6 Å². The van der Waals surface area contributed by atoms with Gasteiger partial charge in [0.05, 0.1) is 19.9 Å². The Kier molecular flexibility index (Phi) is 7.16. The summed E-state index contributed by atoms with van der Waals surface area (Å²) in [5.74, 6) is 1.35. The highest BCUT2D eigenvalue weighted by atomic mass is 35.5. The normalized spacial score (nSPS) is 11.8. The molecule has 136 valence electrons. The van der Waals surface area contributed by atoms with Crippen LogP contribution in [0.5, 0.6) is 5.75 Å². The first-order valence-electron chi connectivity index (χ1n) is 7.98. The Bertz CT molecular complexity index is 676. The lowest BCUT2D eigenvalue weighted by atomic mass is 10.1. The molecule has 0 radical (unpaired) electrons. The van der Waals surface area contributed by atoms with Gasteiger partial charge >= 0.3 is 6.03 Å². The topological polar surface area (TPSA) is 74.9 Å². The number of hydrogen-bond acceptors (Lipinski definition) is 4. The molecule has 1 aromatic heterocycles. The average Bonchev–Trinajstić information content (AvgIpc) is 3.11. The first-order chi connectivity index (χ1) is 12.0. The van der Waals surface area contributed by atoms with Crippen molar-refractivity contribution in [2.75, 3.05) is 27.3 Å². The lowest BCUT2D eigenvalue weighted by Crippen LogP contribution is -2.40. The molecule has 2 amide bonds. The van der Waals surface area contributed by atoms with Crippen LogP contribution in [0.4, 0.5) is 4.79 Å². The van der Waals surface area contributed by atoms with Gasteiger partial charge < -0.3 is 24.5 Å². The van der Waals surface area contributed by atoms with Gasteiger partial charge in [-0.05, 0) is 30.3 Å². The summed E-state index contributed by atoms with van der Waals surface area (Å²) in [6.45, 7) is 0.678. The largest absolute Gasteiger partial charge is 0.496 e. The predicted octanol–water partition coefficient (Wildman–Crippen LogP) is 2.93. The number of methoxy groups -OCH3 is 1. The Labute approximate surface area is 152 Å². The van der Waals surface area contributed by atoms with Crippen LogP contribution < -0.4 is 10.1 Å². The Morgan fingerprint density at radius 2 is 2.24 bits per heavy atom. The van der Waals surface area contributed by atoms with E-state index in [1.165, 1.54) is 4.90 Å². The van der Waals surface area contributed by atoms with Gasteiger partial charge in [0, 0.05) is 43.1 Å². The van der Waals surface area contributed by atoms with Crippen LogP contribution in [0.2, 0.25) is 5.02 Å². The summed E-state index contributed by atoms with van der Waals surface area (Å²) in [6, 6.07) is 8.70. The highest BCUT2D eigenvalue weighted by Gasteiger charge is 2.16. The molecule has 0 fully saturated rings. The van der Waals surface area contributed by atoms with Crippen LogP contribution in [-0.4, -0.2) is 43.3 Å². The van der Waals surface area contributed by atoms with E-state index >= 15 is 0 Å². The molecule has 0 aliphatic heterocycles. The number of halogens is 1. The van der Waals surface area contributed by atoms with E-state index in [9.17, 15) is 9.90 Å². The Balaban J connectivity index is 1.88. The highest BCUT2D eigenvalue weighted by molar-refractivity contribution is 6.30. The van der Waals surface area contributed by atoms with Crippen LogP contribution in [0.1, 0.15) is 11.3 Å². The lowest BCUT2D eigenvalue weighted by Gasteiger charge is -2.21. The standard InChI is InChI=1S/C18H23ClN2O4/c1-21(11-14-9-15(19)5-6-17(14)24-2)18(23)20-10-13(12-22)8-16-4-3-7-25-16/h3-7,9,13,22H,8,10-12H2,1-2H3,(H,20,23)/t13-/m1/s1. The number of nitrogens with one attached hydrogen (secondary N) is 1. The summed E-state index contributed by atoms with van der Waals surface area (Å²) in [7, 11) is 3.27. The van der Waals surface area contributed by atoms with E-state index in [0.29, 0.717) is 30.3 Å². The second-order valence-corrected chi connectivity index (χ2v) is 6.27. The van der Waals surface area contributed by atoms with Gasteiger partial charge in [-0.2, -0.15) is 0 Å². The molecule has 1 atom stereocenters. The van der Waals surface area contributed by atoms with Crippen molar-refractivity contribution in [2.24, 2.45) is 5.92 Å². The fourth-order valence-corrected chi connectivity index (χ4v) is 2.67. The fraction of sp³-hybridized carbons (Fsp3) is 0.389. The van der Waals surface area contributed by atoms with E-state index in [1.807, 2.05) is 6.07 Å². The average molecular weight is 367 g/mol. The van der Waals surface area contributed by atoms with E-state index < -0.39 is 0 Å². The SMILES string of the molecule is COc1ccc(Cl)cc1CN(C)C(=O)NC[C@H](CO)Cc1ccco1. The first-order valence-corrected chi connectivity index (χ1v) is 8.36. The van der Waals surface area contributed by atoms with Crippen molar-refractivity contribution in [1.82, 2.24) is 10.2 Å². The summed E-state index contributed by atoms with van der Waals surface area (Å²) in [5, 5.41) is 12.9. The van der Waals surface area contributed by atoms with Gasteiger partial charge in [-0.1, -0.05) is 11.6 Å². The Morgan fingerprint density at radius 1 is 1.44 bits per heavy atom. The molecule has 0 bridgehead atoms. The maximum atomic E-state index is 12.3. The third-order valence-corrected chi connectivity index (χ3v) is 4.10. The number of ether oxygens (including phenoxy) is 1. The van der Waals surface area contributed by atoms with Crippen molar-refractivity contribution in [3.8, 4) is 5.75 Å². The fourth-order valence-electron chi connectivity index (χ4n) is 2.48. The quantitative estimate of drug-likeness (QED) is 0.753. The van der Waals surface area contributed by atoms with Gasteiger partial charge in [0.1, 0.15) is 11.5 Å². The lowest BCUT2D eigenvalue weighted by molar-refractivity contribution is 0.192. The Hall–Kier alpha value is -2.18. The number of benzene rings is 1. The number of carbonyl (C=O) groups excluding carboxylic acids is 1. The monoisotopic (exact) mass is 366 g/mol. The number of aliphatic hydroxyl groups is 1. The number of carbonyl (C=O) groups is 1. The van der Waals surface area contributed by atoms with E-state index in [-0.39, 0.29) is 18.6 Å². The Morgan fingerprint density at radius 3 is 2.88 bits per heavy atom. The van der Waals surface area contributed by atoms with Gasteiger partial charge in [0.2, 0.25) is 0 Å². The minimum atomic E-state index is -0.236. The van der Waals surface area contributed by atoms with Crippen LogP contribution in [0, 0.1) is 5.92 Å². The van der Waals surface area contributed by atoms with Crippen LogP contribution >= 0.6 is 11.6 Å². The number of furan rings is 1. The van der Waals surface area contributed by atoms with E-state index in [4.69, 9.17) is 20.8 Å². The zero-order valence-corrected chi connectivity index (χ0v) is 15.1. The number of rotatable bonds is 8. The van der Waals surface area contributed by atoms with E-state index in [1.54, 1.807) is 44.7 Å². The summed E-state index contributed by atoms with van der Waals surface area (Å²) < 4.78 is 10.6. The van der Waals surface area contributed by atoms with Crippen molar-refractivity contribution in [2.45, 2.75) is 13.0 Å². The molecule has 25 heavy (non-hydrogen) atoms. The first kappa shape index (κ1) is 19.1. The molecular weight excluding hydrogens is 344 g/mol.